The normalized spacial score (nSPS) is 10.0. The molecule has 0 atom stereocenters. The molecule has 0 saturated heterocycles. The first-order valence-electron chi connectivity index (χ1n) is 3.16. The summed E-state index contributed by atoms with van der Waals surface area (Å²) in [5, 5.41) is 3.15. The van der Waals surface area contributed by atoms with E-state index < -0.39 is 0 Å². The molecule has 0 fully saturated rings. The molecule has 0 radical (unpaired) electrons. The molecule has 2 heteroatoms. The van der Waals surface area contributed by atoms with Gasteiger partial charge in [-0.2, -0.15) is 0 Å². The van der Waals surface area contributed by atoms with Gasteiger partial charge in [0.15, 0.2) is 0 Å². The van der Waals surface area contributed by atoms with Gasteiger partial charge in [0.2, 0.25) is 0 Å². The number of hydrogen-bond acceptors (Lipinski definition) is 1. The van der Waals surface area contributed by atoms with E-state index in [4.69, 9.17) is 0 Å². The van der Waals surface area contributed by atoms with Crippen LogP contribution in [-0.4, -0.2) is 16.0 Å². The molecule has 0 bridgehead atoms. The second-order valence-electron chi connectivity index (χ2n) is 1.91. The van der Waals surface area contributed by atoms with Crippen LogP contribution in [0.25, 0.3) is 0 Å². The van der Waals surface area contributed by atoms with E-state index in [-0.39, 0.29) is 0 Å². The fraction of sp³-hybridized carbons (Fsp3) is 0.714. The number of halogens is 1. The van der Waals surface area contributed by atoms with Crippen LogP contribution in [0.3, 0.4) is 0 Å². The molecule has 0 aromatic carbocycles. The number of alkyl halides is 2. The molecule has 0 aliphatic carbocycles. The van der Waals surface area contributed by atoms with Crippen LogP contribution in [0.15, 0.2) is 12.2 Å². The average molecular weight is 240 g/mol. The molecule has 0 rings (SSSR count). The quantitative estimate of drug-likeness (QED) is 0.197. The second kappa shape index (κ2) is 6.55. The number of allylic oxidation sites excluding steroid dienone is 1. The molecule has 0 aromatic rings. The Kier molecular flexibility index (Phi) is 6.86. The zero-order chi connectivity index (χ0) is 7.11. The van der Waals surface area contributed by atoms with Crippen molar-refractivity contribution in [1.29, 1.82) is 0 Å². The third-order valence-electron chi connectivity index (χ3n) is 1.01. The summed E-state index contributed by atoms with van der Waals surface area (Å²) in [6.07, 6.45) is 1.16. The summed E-state index contributed by atoms with van der Waals surface area (Å²) in [5.74, 6) is 0. The Morgan fingerprint density at radius 1 is 1.67 bits per heavy atom. The maximum absolute atomic E-state index is 3.94. The summed E-state index contributed by atoms with van der Waals surface area (Å²) in [4.78, 5) is 0. The van der Waals surface area contributed by atoms with Crippen molar-refractivity contribution in [1.82, 2.24) is 5.32 Å². The predicted molar refractivity (Wildman–Crippen MR) is 38.2 cm³/mol. The van der Waals surface area contributed by atoms with Gasteiger partial charge in [-0.25, -0.2) is 0 Å². The molecule has 1 N–H and O–H groups in total. The molecule has 0 aliphatic rings. The Balaban J connectivity index is 2.97. The third-order valence-corrected chi connectivity index (χ3v) is 3.93. The van der Waals surface area contributed by atoms with Crippen LogP contribution in [0, 0.1) is 0 Å². The second-order valence-corrected chi connectivity index (χ2v) is 4.52. The Hall–Kier alpha value is 0.430. The van der Waals surface area contributed by atoms with Crippen molar-refractivity contribution >= 4 is 0 Å². The molecule has 9 heavy (non-hydrogen) atoms. The van der Waals surface area contributed by atoms with E-state index in [1.54, 1.807) is 0 Å². The Labute approximate surface area is 68.2 Å². The number of hydrogen-bond donors (Lipinski definition) is 1. The summed E-state index contributed by atoms with van der Waals surface area (Å²) >= 11 is 0.367. The van der Waals surface area contributed by atoms with E-state index in [1.807, 2.05) is 7.05 Å². The topological polar surface area (TPSA) is 12.0 Å². The van der Waals surface area contributed by atoms with Gasteiger partial charge >= 0.3 is 68.0 Å². The van der Waals surface area contributed by atoms with Crippen LogP contribution in [0.2, 0.25) is 0 Å². The Morgan fingerprint density at radius 2 is 2.33 bits per heavy atom. The van der Waals surface area contributed by atoms with Crippen molar-refractivity contribution in [2.45, 2.75) is 13.3 Å². The van der Waals surface area contributed by atoms with Crippen LogP contribution in [0.4, 0.5) is 0 Å². The van der Waals surface area contributed by atoms with Gasteiger partial charge in [-0.1, -0.05) is 0 Å². The molecule has 0 spiro atoms. The van der Waals surface area contributed by atoms with Crippen molar-refractivity contribution in [2.75, 3.05) is 16.0 Å². The predicted octanol–water partition coefficient (Wildman–Crippen LogP) is -1.78. The Bertz CT molecular complexity index is 81.0. The third kappa shape index (κ3) is 6.31. The molecular formula is C7H15IN-. The fourth-order valence-electron chi connectivity index (χ4n) is 0.370. The van der Waals surface area contributed by atoms with Crippen LogP contribution < -0.4 is 26.5 Å². The van der Waals surface area contributed by atoms with E-state index in [9.17, 15) is 0 Å². The average Bonchev–Trinajstić information content (AvgIpc) is 1.89. The van der Waals surface area contributed by atoms with E-state index in [2.05, 4.69) is 18.8 Å². The van der Waals surface area contributed by atoms with Crippen LogP contribution >= 0.6 is 0 Å². The minimum atomic E-state index is 0.367. The zero-order valence-corrected chi connectivity index (χ0v) is 8.36. The van der Waals surface area contributed by atoms with Crippen LogP contribution in [0.5, 0.6) is 0 Å². The molecule has 0 aliphatic heterocycles. The summed E-state index contributed by atoms with van der Waals surface area (Å²) < 4.78 is 2.51. The van der Waals surface area contributed by atoms with Crippen molar-refractivity contribution < 1.29 is 21.2 Å². The van der Waals surface area contributed by atoms with Crippen molar-refractivity contribution in [3.8, 4) is 0 Å². The van der Waals surface area contributed by atoms with Crippen molar-refractivity contribution in [3.63, 3.8) is 0 Å². The van der Waals surface area contributed by atoms with Crippen molar-refractivity contribution in [2.24, 2.45) is 0 Å². The monoisotopic (exact) mass is 240 g/mol. The maximum atomic E-state index is 3.94. The molecule has 0 saturated carbocycles. The van der Waals surface area contributed by atoms with Gasteiger partial charge < -0.3 is 0 Å². The van der Waals surface area contributed by atoms with E-state index in [0.29, 0.717) is 21.2 Å². The first-order chi connectivity index (χ1) is 4.31. The van der Waals surface area contributed by atoms with E-state index in [0.717, 1.165) is 6.42 Å². The van der Waals surface area contributed by atoms with Gasteiger partial charge in [-0.15, -0.1) is 0 Å². The summed E-state index contributed by atoms with van der Waals surface area (Å²) in [7, 11) is 2.01. The van der Waals surface area contributed by atoms with Gasteiger partial charge in [-0.3, -0.25) is 0 Å². The SMILES string of the molecule is C=C(CC)C[I-]CNC. The molecule has 0 aromatic heterocycles. The zero-order valence-electron chi connectivity index (χ0n) is 6.21. The molecule has 1 nitrogen and oxygen atoms in total. The number of rotatable bonds is 5. The van der Waals surface area contributed by atoms with Gasteiger partial charge in [-0.05, 0) is 0 Å². The molecule has 56 valence electrons. The van der Waals surface area contributed by atoms with E-state index >= 15 is 0 Å². The van der Waals surface area contributed by atoms with Crippen molar-refractivity contribution in [3.05, 3.63) is 12.2 Å². The van der Waals surface area contributed by atoms with Gasteiger partial charge in [0, 0.05) is 0 Å². The Morgan fingerprint density at radius 3 is 2.78 bits per heavy atom. The summed E-state index contributed by atoms with van der Waals surface area (Å²) in [5.41, 5.74) is 1.41. The first kappa shape index (κ1) is 9.43. The van der Waals surface area contributed by atoms with E-state index in [1.165, 1.54) is 14.6 Å². The fourth-order valence-corrected chi connectivity index (χ4v) is 2.48. The molecule has 0 amide bonds. The van der Waals surface area contributed by atoms with Crippen LogP contribution in [0.1, 0.15) is 13.3 Å². The number of nitrogens with one attached hydrogen (secondary N) is 1. The van der Waals surface area contributed by atoms with Gasteiger partial charge in [0.25, 0.3) is 0 Å². The molecule has 0 heterocycles. The van der Waals surface area contributed by atoms with Crippen LogP contribution in [-0.2, 0) is 0 Å². The van der Waals surface area contributed by atoms with Gasteiger partial charge in [0.1, 0.15) is 0 Å². The molecule has 0 unspecified atom stereocenters. The van der Waals surface area contributed by atoms with Gasteiger partial charge in [0.05, 0.1) is 0 Å². The molecular weight excluding hydrogens is 225 g/mol. The summed E-state index contributed by atoms with van der Waals surface area (Å²) in [6, 6.07) is 0. The standard InChI is InChI=1S/C7H15IN/c1-4-7(2)5-8-6-9-3/h9H,2,4-6H2,1,3H3/q-1. The summed E-state index contributed by atoms with van der Waals surface area (Å²) in [6.45, 7) is 6.12. The minimum absolute atomic E-state index is 0.367. The first-order valence-corrected chi connectivity index (χ1v) is 6.21.